The van der Waals surface area contributed by atoms with Crippen LogP contribution < -0.4 is 5.32 Å². The Kier molecular flexibility index (Phi) is 4.68. The lowest BCUT2D eigenvalue weighted by atomic mass is 10.0. The fourth-order valence-corrected chi connectivity index (χ4v) is 3.05. The van der Waals surface area contributed by atoms with Crippen molar-refractivity contribution in [3.63, 3.8) is 0 Å². The first-order valence-corrected chi connectivity index (χ1v) is 8.26. The van der Waals surface area contributed by atoms with E-state index < -0.39 is 0 Å². The van der Waals surface area contributed by atoms with E-state index in [-0.39, 0.29) is 11.9 Å². The number of hydrogen-bond acceptors (Lipinski definition) is 3. The quantitative estimate of drug-likeness (QED) is 0.908. The third-order valence-corrected chi connectivity index (χ3v) is 4.41. The topological polar surface area (TPSA) is 61.0 Å². The Morgan fingerprint density at radius 1 is 1.39 bits per heavy atom. The number of nitrogens with one attached hydrogen (secondary N) is 2. The molecule has 0 aliphatic carbocycles. The fourth-order valence-electron chi connectivity index (χ4n) is 2.85. The molecule has 0 saturated carbocycles. The number of benzene rings is 1. The van der Waals surface area contributed by atoms with Crippen molar-refractivity contribution in [3.8, 4) is 0 Å². The van der Waals surface area contributed by atoms with Gasteiger partial charge >= 0.3 is 0 Å². The van der Waals surface area contributed by atoms with Crippen molar-refractivity contribution in [3.05, 3.63) is 52.3 Å². The van der Waals surface area contributed by atoms with E-state index in [0.717, 1.165) is 17.8 Å². The summed E-state index contributed by atoms with van der Waals surface area (Å²) in [5, 5.41) is 11.2. The first-order valence-electron chi connectivity index (χ1n) is 7.88. The number of hydrogen-bond donors (Lipinski definition) is 2. The highest BCUT2D eigenvalue weighted by molar-refractivity contribution is 6.30. The third-order valence-electron chi connectivity index (χ3n) is 4.18. The summed E-state index contributed by atoms with van der Waals surface area (Å²) in [5.74, 6) is 0.274. The molecule has 2 N–H and O–H groups in total. The molecule has 1 unspecified atom stereocenters. The normalized spacial score (nSPS) is 18.4. The molecule has 2 heterocycles. The van der Waals surface area contributed by atoms with Crippen LogP contribution in [0, 0.1) is 0 Å². The van der Waals surface area contributed by atoms with Crippen molar-refractivity contribution in [1.82, 2.24) is 20.4 Å². The lowest BCUT2D eigenvalue weighted by molar-refractivity contribution is 0.0628. The smallest absolute Gasteiger partial charge is 0.274 e. The second kappa shape index (κ2) is 6.72. The number of nitrogens with zero attached hydrogens (tertiary/aromatic N) is 2. The van der Waals surface area contributed by atoms with E-state index in [4.69, 9.17) is 11.6 Å². The Hall–Kier alpha value is -1.85. The monoisotopic (exact) mass is 332 g/mol. The maximum Gasteiger partial charge on any atom is 0.274 e. The minimum Gasteiger partial charge on any atom is -0.328 e. The van der Waals surface area contributed by atoms with Crippen molar-refractivity contribution < 1.29 is 4.79 Å². The average Bonchev–Trinajstić information content (AvgIpc) is 3.04. The van der Waals surface area contributed by atoms with Crippen molar-refractivity contribution >= 4 is 17.5 Å². The summed E-state index contributed by atoms with van der Waals surface area (Å²) in [5.41, 5.74) is 2.49. The highest BCUT2D eigenvalue weighted by Crippen LogP contribution is 2.26. The predicted molar refractivity (Wildman–Crippen MR) is 90.8 cm³/mol. The zero-order valence-corrected chi connectivity index (χ0v) is 14.1. The van der Waals surface area contributed by atoms with Crippen LogP contribution in [0.15, 0.2) is 30.3 Å². The van der Waals surface area contributed by atoms with Gasteiger partial charge < -0.3 is 10.2 Å². The van der Waals surface area contributed by atoms with E-state index in [2.05, 4.69) is 29.4 Å². The fraction of sp³-hybridized carbons (Fsp3) is 0.412. The van der Waals surface area contributed by atoms with Crippen LogP contribution >= 0.6 is 11.6 Å². The highest BCUT2D eigenvalue weighted by atomic mass is 35.5. The van der Waals surface area contributed by atoms with Gasteiger partial charge in [0.05, 0.1) is 6.04 Å². The predicted octanol–water partition coefficient (Wildman–Crippen LogP) is 2.97. The van der Waals surface area contributed by atoms with Crippen LogP contribution in [-0.4, -0.2) is 40.6 Å². The molecule has 1 atom stereocenters. The minimum absolute atomic E-state index is 0.0332. The van der Waals surface area contributed by atoms with Crippen LogP contribution in [0.4, 0.5) is 0 Å². The Bertz CT molecular complexity index is 697. The first kappa shape index (κ1) is 16.0. The molecule has 1 fully saturated rings. The van der Waals surface area contributed by atoms with Gasteiger partial charge in [-0.15, -0.1) is 0 Å². The van der Waals surface area contributed by atoms with Crippen molar-refractivity contribution in [1.29, 1.82) is 0 Å². The molecule has 6 heteroatoms. The Balaban J connectivity index is 1.87. The van der Waals surface area contributed by atoms with Crippen molar-refractivity contribution in [2.24, 2.45) is 0 Å². The van der Waals surface area contributed by atoms with Gasteiger partial charge in [-0.3, -0.25) is 9.89 Å². The van der Waals surface area contributed by atoms with Crippen LogP contribution in [0.3, 0.4) is 0 Å². The number of rotatable bonds is 3. The summed E-state index contributed by atoms with van der Waals surface area (Å²) in [6, 6.07) is 9.51. The van der Waals surface area contributed by atoms with E-state index in [1.807, 2.05) is 35.2 Å². The van der Waals surface area contributed by atoms with Crippen LogP contribution in [0.25, 0.3) is 0 Å². The largest absolute Gasteiger partial charge is 0.328 e. The second-order valence-corrected chi connectivity index (χ2v) is 6.57. The molecule has 5 nitrogen and oxygen atoms in total. The van der Waals surface area contributed by atoms with Gasteiger partial charge in [0.25, 0.3) is 5.91 Å². The third kappa shape index (κ3) is 3.41. The molecular formula is C17H21ClN4O. The Labute approximate surface area is 141 Å². The highest BCUT2D eigenvalue weighted by Gasteiger charge is 2.30. The summed E-state index contributed by atoms with van der Waals surface area (Å²) in [7, 11) is 0. The summed E-state index contributed by atoms with van der Waals surface area (Å²) >= 11 is 6.11. The van der Waals surface area contributed by atoms with Gasteiger partial charge in [-0.25, -0.2) is 0 Å². The van der Waals surface area contributed by atoms with Gasteiger partial charge in [0, 0.05) is 30.4 Å². The zero-order chi connectivity index (χ0) is 16.4. The van der Waals surface area contributed by atoms with Gasteiger partial charge in [-0.2, -0.15) is 5.10 Å². The average molecular weight is 333 g/mol. The summed E-state index contributed by atoms with van der Waals surface area (Å²) in [4.78, 5) is 14.8. The standard InChI is InChI=1S/C17H21ClN4O/c1-11(2)14-9-15(21-20-14)17(23)22-7-6-19-10-16(22)12-4-3-5-13(18)8-12/h3-5,8-9,11,16,19H,6-7,10H2,1-2H3,(H,20,21). The minimum atomic E-state index is -0.0420. The number of carbonyl (C=O) groups is 1. The molecule has 1 amide bonds. The molecule has 1 aliphatic heterocycles. The van der Waals surface area contributed by atoms with Crippen molar-refractivity contribution in [2.75, 3.05) is 19.6 Å². The number of H-pyrrole nitrogens is 1. The van der Waals surface area contributed by atoms with Crippen LogP contribution in [0.1, 0.15) is 47.6 Å². The van der Waals surface area contributed by atoms with E-state index in [0.29, 0.717) is 29.7 Å². The first-order chi connectivity index (χ1) is 11.1. The summed E-state index contributed by atoms with van der Waals surface area (Å²) in [6.45, 7) is 6.29. The van der Waals surface area contributed by atoms with E-state index >= 15 is 0 Å². The molecule has 0 spiro atoms. The molecule has 23 heavy (non-hydrogen) atoms. The van der Waals surface area contributed by atoms with Crippen LogP contribution in [-0.2, 0) is 0 Å². The van der Waals surface area contributed by atoms with Gasteiger partial charge in [0.15, 0.2) is 0 Å². The van der Waals surface area contributed by atoms with Gasteiger partial charge in [0.1, 0.15) is 5.69 Å². The zero-order valence-electron chi connectivity index (χ0n) is 13.3. The molecular weight excluding hydrogens is 312 g/mol. The molecule has 1 saturated heterocycles. The maximum atomic E-state index is 12.9. The van der Waals surface area contributed by atoms with Crippen LogP contribution in [0.5, 0.6) is 0 Å². The van der Waals surface area contributed by atoms with Gasteiger partial charge in [-0.1, -0.05) is 37.6 Å². The molecule has 1 aliphatic rings. The van der Waals surface area contributed by atoms with Crippen LogP contribution in [0.2, 0.25) is 5.02 Å². The van der Waals surface area contributed by atoms with Gasteiger partial charge in [-0.05, 0) is 29.7 Å². The Morgan fingerprint density at radius 2 is 2.22 bits per heavy atom. The second-order valence-electron chi connectivity index (χ2n) is 6.14. The van der Waals surface area contributed by atoms with E-state index in [1.54, 1.807) is 0 Å². The van der Waals surface area contributed by atoms with E-state index in [1.165, 1.54) is 0 Å². The molecule has 0 bridgehead atoms. The summed E-state index contributed by atoms with van der Waals surface area (Å²) in [6.07, 6.45) is 0. The Morgan fingerprint density at radius 3 is 2.91 bits per heavy atom. The SMILES string of the molecule is CC(C)c1cc(C(=O)N2CCNCC2c2cccc(Cl)c2)n[nH]1. The number of aromatic nitrogens is 2. The molecule has 3 rings (SSSR count). The lowest BCUT2D eigenvalue weighted by Gasteiger charge is -2.36. The summed E-state index contributed by atoms with van der Waals surface area (Å²) < 4.78 is 0. The molecule has 122 valence electrons. The van der Waals surface area contributed by atoms with Crippen molar-refractivity contribution in [2.45, 2.75) is 25.8 Å². The molecule has 1 aromatic heterocycles. The van der Waals surface area contributed by atoms with E-state index in [9.17, 15) is 4.79 Å². The number of aromatic amines is 1. The number of piperazine rings is 1. The number of amides is 1. The number of carbonyl (C=O) groups excluding carboxylic acids is 1. The van der Waals surface area contributed by atoms with Gasteiger partial charge in [0.2, 0.25) is 0 Å². The molecule has 0 radical (unpaired) electrons. The lowest BCUT2D eigenvalue weighted by Crippen LogP contribution is -2.48. The number of halogens is 1. The molecule has 1 aromatic carbocycles. The molecule has 2 aromatic rings. The maximum absolute atomic E-state index is 12.9.